The van der Waals surface area contributed by atoms with E-state index in [0.717, 1.165) is 12.0 Å². The van der Waals surface area contributed by atoms with Crippen LogP contribution < -0.4 is 0 Å². The average molecular weight is 229 g/mol. The van der Waals surface area contributed by atoms with Crippen molar-refractivity contribution >= 4 is 0 Å². The van der Waals surface area contributed by atoms with Crippen molar-refractivity contribution in [3.8, 4) is 0 Å². The number of rotatable bonds is 4. The molecule has 2 fully saturated rings. The molecule has 1 saturated carbocycles. The Balaban J connectivity index is 1.45. The zero-order valence-electron chi connectivity index (χ0n) is 10.9. The smallest absolute Gasteiger partial charge is 0.0136 e. The van der Waals surface area contributed by atoms with Crippen LogP contribution in [0.2, 0.25) is 0 Å². The average Bonchev–Trinajstić information content (AvgIpc) is 2.68. The Labute approximate surface area is 105 Å². The molecule has 1 saturated heterocycles. The Kier molecular flexibility index (Phi) is 3.19. The Morgan fingerprint density at radius 2 is 2.12 bits per heavy atom. The number of aryl methyl sites for hydroxylation is 2. The summed E-state index contributed by atoms with van der Waals surface area (Å²) in [5, 5.41) is 0. The molecule has 0 bridgehead atoms. The van der Waals surface area contributed by atoms with Gasteiger partial charge in [-0.05, 0) is 56.2 Å². The molecule has 0 unspecified atom stereocenters. The van der Waals surface area contributed by atoms with Gasteiger partial charge in [0.25, 0.3) is 0 Å². The zero-order valence-corrected chi connectivity index (χ0v) is 10.9. The standard InChI is InChI=1S/C16H23N/c1-13-6-2-3-7-14(13)9-5-11-17-12-15-8-4-10-16(15)17/h2-3,6-7,15-16H,4-5,8-12H2,1H3/t15-,16+/m0/s1. The van der Waals surface area contributed by atoms with Gasteiger partial charge in [-0.3, -0.25) is 4.90 Å². The van der Waals surface area contributed by atoms with E-state index in [1.54, 1.807) is 0 Å². The van der Waals surface area contributed by atoms with Crippen molar-refractivity contribution in [2.24, 2.45) is 5.92 Å². The summed E-state index contributed by atoms with van der Waals surface area (Å²) in [6, 6.07) is 9.78. The molecule has 1 aliphatic heterocycles. The van der Waals surface area contributed by atoms with Crippen LogP contribution in [0, 0.1) is 12.8 Å². The fourth-order valence-electron chi connectivity index (χ4n) is 3.63. The van der Waals surface area contributed by atoms with E-state index < -0.39 is 0 Å². The fraction of sp³-hybridized carbons (Fsp3) is 0.625. The molecule has 1 aliphatic carbocycles. The van der Waals surface area contributed by atoms with Gasteiger partial charge in [-0.25, -0.2) is 0 Å². The van der Waals surface area contributed by atoms with Gasteiger partial charge in [0.05, 0.1) is 0 Å². The van der Waals surface area contributed by atoms with Gasteiger partial charge in [0, 0.05) is 12.6 Å². The number of nitrogens with zero attached hydrogens (tertiary/aromatic N) is 1. The molecule has 0 radical (unpaired) electrons. The van der Waals surface area contributed by atoms with Crippen molar-refractivity contribution in [2.45, 2.75) is 45.1 Å². The minimum atomic E-state index is 0.965. The van der Waals surface area contributed by atoms with Gasteiger partial charge in [0.2, 0.25) is 0 Å². The quantitative estimate of drug-likeness (QED) is 0.764. The maximum Gasteiger partial charge on any atom is 0.0136 e. The topological polar surface area (TPSA) is 3.24 Å². The third kappa shape index (κ3) is 2.26. The molecule has 0 aromatic heterocycles. The van der Waals surface area contributed by atoms with Crippen LogP contribution in [-0.4, -0.2) is 24.0 Å². The van der Waals surface area contributed by atoms with Gasteiger partial charge < -0.3 is 0 Å². The first-order valence-electron chi connectivity index (χ1n) is 7.13. The molecule has 3 rings (SSSR count). The Morgan fingerprint density at radius 3 is 2.94 bits per heavy atom. The van der Waals surface area contributed by atoms with Crippen LogP contribution in [0.25, 0.3) is 0 Å². The molecule has 0 amide bonds. The highest BCUT2D eigenvalue weighted by molar-refractivity contribution is 5.25. The predicted octanol–water partition coefficient (Wildman–Crippen LogP) is 3.41. The van der Waals surface area contributed by atoms with Crippen LogP contribution in [0.3, 0.4) is 0 Å². The summed E-state index contributed by atoms with van der Waals surface area (Å²) in [7, 11) is 0. The van der Waals surface area contributed by atoms with E-state index in [-0.39, 0.29) is 0 Å². The molecule has 1 heteroatoms. The third-order valence-electron chi connectivity index (χ3n) is 4.71. The van der Waals surface area contributed by atoms with Crippen molar-refractivity contribution < 1.29 is 0 Å². The molecule has 2 atom stereocenters. The molecule has 17 heavy (non-hydrogen) atoms. The van der Waals surface area contributed by atoms with Gasteiger partial charge in [-0.1, -0.05) is 30.7 Å². The summed E-state index contributed by atoms with van der Waals surface area (Å²) in [6.45, 7) is 4.93. The second kappa shape index (κ2) is 4.81. The van der Waals surface area contributed by atoms with E-state index in [9.17, 15) is 0 Å². The van der Waals surface area contributed by atoms with Crippen molar-refractivity contribution in [1.29, 1.82) is 0 Å². The summed E-state index contributed by atoms with van der Waals surface area (Å²) in [5.41, 5.74) is 2.99. The lowest BCUT2D eigenvalue weighted by Gasteiger charge is -2.44. The van der Waals surface area contributed by atoms with E-state index in [4.69, 9.17) is 0 Å². The summed E-state index contributed by atoms with van der Waals surface area (Å²) in [6.07, 6.45) is 7.02. The first kappa shape index (κ1) is 11.3. The number of benzene rings is 1. The minimum absolute atomic E-state index is 0.965. The lowest BCUT2D eigenvalue weighted by Crippen LogP contribution is -2.53. The zero-order chi connectivity index (χ0) is 11.7. The molecular weight excluding hydrogens is 206 g/mol. The van der Waals surface area contributed by atoms with Gasteiger partial charge >= 0.3 is 0 Å². The maximum atomic E-state index is 2.72. The normalized spacial score (nSPS) is 27.8. The SMILES string of the molecule is Cc1ccccc1CCCN1C[C@@H]2CCC[C@H]21. The monoisotopic (exact) mass is 229 g/mol. The molecule has 1 heterocycles. The van der Waals surface area contributed by atoms with Gasteiger partial charge in [0.1, 0.15) is 0 Å². The van der Waals surface area contributed by atoms with Crippen molar-refractivity contribution in [2.75, 3.05) is 13.1 Å². The van der Waals surface area contributed by atoms with Gasteiger partial charge in [-0.15, -0.1) is 0 Å². The third-order valence-corrected chi connectivity index (χ3v) is 4.71. The maximum absolute atomic E-state index is 2.72. The van der Waals surface area contributed by atoms with E-state index in [2.05, 4.69) is 36.1 Å². The number of fused-ring (bicyclic) bond motifs is 1. The van der Waals surface area contributed by atoms with E-state index in [1.807, 2.05) is 0 Å². The van der Waals surface area contributed by atoms with Gasteiger partial charge in [0.15, 0.2) is 0 Å². The van der Waals surface area contributed by atoms with Crippen molar-refractivity contribution in [3.05, 3.63) is 35.4 Å². The van der Waals surface area contributed by atoms with Crippen molar-refractivity contribution in [3.63, 3.8) is 0 Å². The predicted molar refractivity (Wildman–Crippen MR) is 72.2 cm³/mol. The molecular formula is C16H23N. The molecule has 2 aliphatic rings. The first-order valence-corrected chi connectivity index (χ1v) is 7.13. The van der Waals surface area contributed by atoms with E-state index in [1.165, 1.54) is 56.3 Å². The Hall–Kier alpha value is -0.820. The van der Waals surface area contributed by atoms with E-state index in [0.29, 0.717) is 0 Å². The minimum Gasteiger partial charge on any atom is -0.300 e. The highest BCUT2D eigenvalue weighted by Gasteiger charge is 2.40. The van der Waals surface area contributed by atoms with Crippen LogP contribution in [0.1, 0.15) is 36.8 Å². The Bertz CT molecular complexity index is 385. The highest BCUT2D eigenvalue weighted by atomic mass is 15.2. The van der Waals surface area contributed by atoms with Crippen LogP contribution in [0.4, 0.5) is 0 Å². The number of likely N-dealkylation sites (tertiary alicyclic amines) is 1. The molecule has 1 nitrogen and oxygen atoms in total. The first-order chi connectivity index (χ1) is 8.34. The summed E-state index contributed by atoms with van der Waals surface area (Å²) < 4.78 is 0. The molecule has 0 spiro atoms. The molecule has 92 valence electrons. The van der Waals surface area contributed by atoms with E-state index >= 15 is 0 Å². The van der Waals surface area contributed by atoms with Crippen molar-refractivity contribution in [1.82, 2.24) is 4.90 Å². The fourth-order valence-corrected chi connectivity index (χ4v) is 3.63. The van der Waals surface area contributed by atoms with Crippen LogP contribution >= 0.6 is 0 Å². The molecule has 1 aromatic rings. The van der Waals surface area contributed by atoms with Crippen LogP contribution in [0.15, 0.2) is 24.3 Å². The second-order valence-electron chi connectivity index (χ2n) is 5.78. The number of hydrogen-bond acceptors (Lipinski definition) is 1. The highest BCUT2D eigenvalue weighted by Crippen LogP contribution is 2.38. The molecule has 0 N–H and O–H groups in total. The summed E-state index contributed by atoms with van der Waals surface area (Å²) in [4.78, 5) is 2.72. The number of hydrogen-bond donors (Lipinski definition) is 0. The lowest BCUT2D eigenvalue weighted by atomic mass is 9.91. The Morgan fingerprint density at radius 1 is 1.24 bits per heavy atom. The molecule has 1 aromatic carbocycles. The largest absolute Gasteiger partial charge is 0.300 e. The second-order valence-corrected chi connectivity index (χ2v) is 5.78. The van der Waals surface area contributed by atoms with Gasteiger partial charge in [-0.2, -0.15) is 0 Å². The summed E-state index contributed by atoms with van der Waals surface area (Å²) in [5.74, 6) is 1.06. The van der Waals surface area contributed by atoms with Crippen LogP contribution in [-0.2, 0) is 6.42 Å². The summed E-state index contributed by atoms with van der Waals surface area (Å²) >= 11 is 0. The van der Waals surface area contributed by atoms with Crippen LogP contribution in [0.5, 0.6) is 0 Å². The lowest BCUT2D eigenvalue weighted by molar-refractivity contribution is 0.0376.